The Morgan fingerprint density at radius 2 is 2.40 bits per heavy atom. The van der Waals surface area contributed by atoms with E-state index in [1.807, 2.05) is 19.4 Å². The zero-order chi connectivity index (χ0) is 10.8. The molecule has 0 atom stereocenters. The number of thiazole rings is 1. The fourth-order valence-electron chi connectivity index (χ4n) is 1.25. The van der Waals surface area contributed by atoms with Crippen molar-refractivity contribution < 1.29 is 0 Å². The summed E-state index contributed by atoms with van der Waals surface area (Å²) in [6, 6.07) is 0. The fraction of sp³-hybridized carbons (Fsp3) is 0.375. The van der Waals surface area contributed by atoms with E-state index in [-0.39, 0.29) is 4.87 Å². The molecule has 2 aromatic rings. The molecule has 0 aliphatic heterocycles. The third kappa shape index (κ3) is 1.93. The topological polar surface area (TPSA) is 59.8 Å². The van der Waals surface area contributed by atoms with Gasteiger partial charge >= 0.3 is 4.87 Å². The minimum Gasteiger partial charge on any atom is -0.377 e. The molecule has 2 heterocycles. The molecule has 7 heteroatoms. The monoisotopic (exact) mass is 242 g/mol. The van der Waals surface area contributed by atoms with Gasteiger partial charge in [-0.2, -0.15) is 0 Å². The second-order valence-electron chi connectivity index (χ2n) is 3.03. The van der Waals surface area contributed by atoms with Gasteiger partial charge < -0.3 is 5.32 Å². The minimum absolute atomic E-state index is 0.0440. The SMILES string of the molecule is CNc1snnc1Cn1c(C)csc1=O. The van der Waals surface area contributed by atoms with E-state index in [1.165, 1.54) is 22.9 Å². The highest BCUT2D eigenvalue weighted by Gasteiger charge is 2.10. The Kier molecular flexibility index (Phi) is 2.83. The summed E-state index contributed by atoms with van der Waals surface area (Å²) < 4.78 is 5.55. The lowest BCUT2D eigenvalue weighted by Crippen LogP contribution is -2.16. The summed E-state index contributed by atoms with van der Waals surface area (Å²) in [7, 11) is 1.82. The fourth-order valence-corrected chi connectivity index (χ4v) is 2.51. The first-order valence-corrected chi connectivity index (χ1v) is 6.01. The maximum atomic E-state index is 11.5. The van der Waals surface area contributed by atoms with E-state index in [4.69, 9.17) is 0 Å². The Labute approximate surface area is 94.6 Å². The summed E-state index contributed by atoms with van der Waals surface area (Å²) in [5.74, 6) is 0. The highest BCUT2D eigenvalue weighted by Crippen LogP contribution is 2.17. The van der Waals surface area contributed by atoms with Gasteiger partial charge in [-0.15, -0.1) is 5.10 Å². The second-order valence-corrected chi connectivity index (χ2v) is 4.60. The smallest absolute Gasteiger partial charge is 0.307 e. The van der Waals surface area contributed by atoms with Crippen LogP contribution in [0.2, 0.25) is 0 Å². The van der Waals surface area contributed by atoms with Crippen molar-refractivity contribution >= 4 is 27.9 Å². The first-order chi connectivity index (χ1) is 7.22. The molecule has 80 valence electrons. The first-order valence-electron chi connectivity index (χ1n) is 4.36. The Hall–Kier alpha value is -1.21. The number of anilines is 1. The highest BCUT2D eigenvalue weighted by molar-refractivity contribution is 7.10. The Morgan fingerprint density at radius 3 is 3.00 bits per heavy atom. The van der Waals surface area contributed by atoms with Crippen molar-refractivity contribution in [1.82, 2.24) is 14.2 Å². The van der Waals surface area contributed by atoms with E-state index in [9.17, 15) is 4.79 Å². The maximum Gasteiger partial charge on any atom is 0.307 e. The van der Waals surface area contributed by atoms with Crippen LogP contribution in [-0.2, 0) is 6.54 Å². The molecule has 0 bridgehead atoms. The number of aromatic nitrogens is 3. The molecule has 0 aliphatic rings. The van der Waals surface area contributed by atoms with Crippen LogP contribution in [0.4, 0.5) is 5.00 Å². The largest absolute Gasteiger partial charge is 0.377 e. The van der Waals surface area contributed by atoms with E-state index in [1.54, 1.807) is 4.57 Å². The average Bonchev–Trinajstić information content (AvgIpc) is 2.79. The van der Waals surface area contributed by atoms with Crippen LogP contribution in [0.5, 0.6) is 0 Å². The molecular weight excluding hydrogens is 232 g/mol. The lowest BCUT2D eigenvalue weighted by atomic mass is 10.4. The van der Waals surface area contributed by atoms with Crippen LogP contribution in [0, 0.1) is 6.92 Å². The summed E-state index contributed by atoms with van der Waals surface area (Å²) in [5.41, 5.74) is 1.77. The normalized spacial score (nSPS) is 10.5. The molecule has 15 heavy (non-hydrogen) atoms. The lowest BCUT2D eigenvalue weighted by molar-refractivity contribution is 0.733. The predicted octanol–water partition coefficient (Wildman–Crippen LogP) is 1.16. The minimum atomic E-state index is 0.0440. The van der Waals surface area contributed by atoms with Crippen molar-refractivity contribution in [3.8, 4) is 0 Å². The van der Waals surface area contributed by atoms with Gasteiger partial charge in [0, 0.05) is 29.7 Å². The highest BCUT2D eigenvalue weighted by atomic mass is 32.1. The van der Waals surface area contributed by atoms with Crippen LogP contribution < -0.4 is 10.2 Å². The van der Waals surface area contributed by atoms with Gasteiger partial charge in [0.1, 0.15) is 10.7 Å². The summed E-state index contributed by atoms with van der Waals surface area (Å²) in [6.07, 6.45) is 0. The van der Waals surface area contributed by atoms with Crippen molar-refractivity contribution in [1.29, 1.82) is 0 Å². The van der Waals surface area contributed by atoms with Crippen LogP contribution >= 0.6 is 22.9 Å². The molecule has 0 saturated carbocycles. The van der Waals surface area contributed by atoms with Gasteiger partial charge in [-0.3, -0.25) is 9.36 Å². The zero-order valence-electron chi connectivity index (χ0n) is 8.35. The molecular formula is C8H10N4OS2. The van der Waals surface area contributed by atoms with Gasteiger partial charge in [0.05, 0.1) is 6.54 Å². The van der Waals surface area contributed by atoms with Gasteiger partial charge in [-0.25, -0.2) is 0 Å². The number of nitrogens with zero attached hydrogens (tertiary/aromatic N) is 3. The summed E-state index contributed by atoms with van der Waals surface area (Å²) in [6.45, 7) is 2.40. The third-order valence-corrected chi connectivity index (χ3v) is 3.73. The molecule has 0 saturated heterocycles. The molecule has 0 amide bonds. The third-order valence-electron chi connectivity index (χ3n) is 2.07. The molecule has 0 radical (unpaired) electrons. The van der Waals surface area contributed by atoms with Crippen molar-refractivity contribution in [2.45, 2.75) is 13.5 Å². The zero-order valence-corrected chi connectivity index (χ0v) is 9.98. The molecule has 1 N–H and O–H groups in total. The molecule has 0 aromatic carbocycles. The predicted molar refractivity (Wildman–Crippen MR) is 61.9 cm³/mol. The second kappa shape index (κ2) is 4.11. The van der Waals surface area contributed by atoms with E-state index < -0.39 is 0 Å². The van der Waals surface area contributed by atoms with E-state index >= 15 is 0 Å². The molecule has 2 aromatic heterocycles. The Bertz CT molecular complexity index is 513. The summed E-state index contributed by atoms with van der Waals surface area (Å²) in [4.78, 5) is 11.5. The number of hydrogen-bond acceptors (Lipinski definition) is 6. The number of nitrogens with one attached hydrogen (secondary N) is 1. The van der Waals surface area contributed by atoms with E-state index in [0.717, 1.165) is 16.4 Å². The molecule has 0 unspecified atom stereocenters. The molecule has 2 rings (SSSR count). The van der Waals surface area contributed by atoms with Gasteiger partial charge in [-0.05, 0) is 6.92 Å². The molecule has 0 fully saturated rings. The average molecular weight is 242 g/mol. The quantitative estimate of drug-likeness (QED) is 0.877. The number of hydrogen-bond donors (Lipinski definition) is 1. The van der Waals surface area contributed by atoms with Crippen LogP contribution in [0.1, 0.15) is 11.4 Å². The molecule has 5 nitrogen and oxygen atoms in total. The number of aryl methyl sites for hydroxylation is 1. The summed E-state index contributed by atoms with van der Waals surface area (Å²) >= 11 is 2.51. The Morgan fingerprint density at radius 1 is 1.60 bits per heavy atom. The van der Waals surface area contributed by atoms with Crippen LogP contribution in [0.3, 0.4) is 0 Å². The maximum absolute atomic E-state index is 11.5. The van der Waals surface area contributed by atoms with Gasteiger partial charge in [0.25, 0.3) is 0 Å². The van der Waals surface area contributed by atoms with E-state index in [0.29, 0.717) is 6.54 Å². The van der Waals surface area contributed by atoms with Gasteiger partial charge in [-0.1, -0.05) is 15.8 Å². The van der Waals surface area contributed by atoms with Gasteiger partial charge in [0.15, 0.2) is 0 Å². The van der Waals surface area contributed by atoms with Crippen LogP contribution in [0.25, 0.3) is 0 Å². The molecule has 0 aliphatic carbocycles. The van der Waals surface area contributed by atoms with E-state index in [2.05, 4.69) is 14.9 Å². The number of rotatable bonds is 3. The first kappa shape index (κ1) is 10.3. The van der Waals surface area contributed by atoms with Gasteiger partial charge in [0.2, 0.25) is 0 Å². The van der Waals surface area contributed by atoms with Crippen molar-refractivity contribution in [3.05, 3.63) is 26.4 Å². The lowest BCUT2D eigenvalue weighted by Gasteiger charge is -2.02. The van der Waals surface area contributed by atoms with Crippen LogP contribution in [-0.4, -0.2) is 21.2 Å². The molecule has 0 spiro atoms. The van der Waals surface area contributed by atoms with Crippen LogP contribution in [0.15, 0.2) is 10.2 Å². The standard InChI is InChI=1S/C8H10N4OS2/c1-5-4-14-8(13)12(5)3-6-7(9-2)15-11-10-6/h4,9H,3H2,1-2H3. The van der Waals surface area contributed by atoms with Crippen molar-refractivity contribution in [2.75, 3.05) is 12.4 Å². The van der Waals surface area contributed by atoms with Crippen molar-refractivity contribution in [2.24, 2.45) is 0 Å². The summed E-state index contributed by atoms with van der Waals surface area (Å²) in [5, 5.41) is 9.76. The van der Waals surface area contributed by atoms with Crippen molar-refractivity contribution in [3.63, 3.8) is 0 Å². The Balaban J connectivity index is 2.33.